The molecule has 0 spiro atoms. The summed E-state index contributed by atoms with van der Waals surface area (Å²) in [5, 5.41) is 14.9. The summed E-state index contributed by atoms with van der Waals surface area (Å²) in [6.45, 7) is 0.145. The molecule has 1 fully saturated rings. The number of nitrogens with zero attached hydrogens (tertiary/aromatic N) is 1. The van der Waals surface area contributed by atoms with Crippen molar-refractivity contribution in [1.29, 1.82) is 0 Å². The Kier molecular flexibility index (Phi) is 6.96. The summed E-state index contributed by atoms with van der Waals surface area (Å²) in [7, 11) is -3.73. The first-order valence-electron chi connectivity index (χ1n) is 9.38. The van der Waals surface area contributed by atoms with Gasteiger partial charge in [-0.15, -0.1) is 0 Å². The highest BCUT2D eigenvalue weighted by molar-refractivity contribution is 7.89. The van der Waals surface area contributed by atoms with Crippen LogP contribution in [0.15, 0.2) is 53.4 Å². The molecule has 2 amide bonds. The number of nitrogens with one attached hydrogen (secondary N) is 2. The van der Waals surface area contributed by atoms with Crippen LogP contribution in [-0.2, 0) is 19.6 Å². The van der Waals surface area contributed by atoms with Crippen molar-refractivity contribution in [1.82, 2.24) is 9.62 Å². The number of hydrogen-bond acceptors (Lipinski definition) is 5. The molecule has 0 aliphatic carbocycles. The Morgan fingerprint density at radius 3 is 2.43 bits per heavy atom. The molecule has 8 nitrogen and oxygen atoms in total. The smallest absolute Gasteiger partial charge is 0.243 e. The summed E-state index contributed by atoms with van der Waals surface area (Å²) in [6.07, 6.45) is 1.09. The van der Waals surface area contributed by atoms with Crippen LogP contribution in [0, 0.1) is 5.92 Å². The average Bonchev–Trinajstić information content (AvgIpc) is 2.74. The lowest BCUT2D eigenvalue weighted by Gasteiger charge is -2.31. The number of piperidine rings is 1. The van der Waals surface area contributed by atoms with Crippen LogP contribution in [-0.4, -0.2) is 49.3 Å². The lowest BCUT2D eigenvalue weighted by atomic mass is 9.99. The molecular weight excluding hydrogens is 430 g/mol. The maximum absolute atomic E-state index is 12.8. The predicted octanol–water partition coefficient (Wildman–Crippen LogP) is 2.20. The van der Waals surface area contributed by atoms with E-state index in [2.05, 4.69) is 10.6 Å². The molecule has 0 radical (unpaired) electrons. The van der Waals surface area contributed by atoms with Gasteiger partial charge in [0.15, 0.2) is 0 Å². The fraction of sp³-hybridized carbons (Fsp3) is 0.300. The standard InChI is InChI=1S/C20H22ClN3O5S/c21-15-3-9-18(10-4-15)30(28,29)24-11-1-2-14(13-24)20(27)22-12-19(26)23-16-5-7-17(25)8-6-16/h3-10,14,25H,1-2,11-13H2,(H,22,27)(H,23,26)/t14-/m1/s1. The number of halogens is 1. The summed E-state index contributed by atoms with van der Waals surface area (Å²) >= 11 is 5.83. The minimum absolute atomic E-state index is 0.0520. The number of benzene rings is 2. The zero-order chi connectivity index (χ0) is 21.7. The number of hydrogen-bond donors (Lipinski definition) is 3. The lowest BCUT2D eigenvalue weighted by molar-refractivity contribution is -0.128. The van der Waals surface area contributed by atoms with Gasteiger partial charge in [-0.1, -0.05) is 11.6 Å². The Hall–Kier alpha value is -2.62. The van der Waals surface area contributed by atoms with E-state index in [9.17, 15) is 23.1 Å². The molecule has 0 saturated carbocycles. The third kappa shape index (κ3) is 5.50. The average molecular weight is 452 g/mol. The summed E-state index contributed by atoms with van der Waals surface area (Å²) in [5.41, 5.74) is 0.491. The number of sulfonamides is 1. The van der Waals surface area contributed by atoms with E-state index >= 15 is 0 Å². The third-order valence-corrected chi connectivity index (χ3v) is 6.91. The second-order valence-corrected chi connectivity index (χ2v) is 9.34. The molecular formula is C20H22ClN3O5S. The Balaban J connectivity index is 1.55. The number of carbonyl (C=O) groups excluding carboxylic acids is 2. The number of aromatic hydroxyl groups is 1. The van der Waals surface area contributed by atoms with Crippen molar-refractivity contribution < 1.29 is 23.1 Å². The molecule has 2 aromatic rings. The summed E-state index contributed by atoms with van der Waals surface area (Å²) in [5.74, 6) is -1.25. The first-order chi connectivity index (χ1) is 14.3. The van der Waals surface area contributed by atoms with Gasteiger partial charge < -0.3 is 15.7 Å². The Bertz CT molecular complexity index is 1010. The Morgan fingerprint density at radius 2 is 1.77 bits per heavy atom. The molecule has 3 rings (SSSR count). The van der Waals surface area contributed by atoms with Gasteiger partial charge in [-0.2, -0.15) is 4.31 Å². The number of phenolic OH excluding ortho intramolecular Hbond substituents is 1. The van der Waals surface area contributed by atoms with Gasteiger partial charge in [0, 0.05) is 23.8 Å². The molecule has 3 N–H and O–H groups in total. The minimum atomic E-state index is -3.73. The van der Waals surface area contributed by atoms with E-state index in [4.69, 9.17) is 11.6 Å². The quantitative estimate of drug-likeness (QED) is 0.582. The van der Waals surface area contributed by atoms with Crippen molar-refractivity contribution in [2.45, 2.75) is 17.7 Å². The van der Waals surface area contributed by atoms with Crippen LogP contribution >= 0.6 is 11.6 Å². The number of carbonyl (C=O) groups is 2. The number of rotatable bonds is 6. The predicted molar refractivity (Wildman–Crippen MR) is 113 cm³/mol. The molecule has 2 aromatic carbocycles. The van der Waals surface area contributed by atoms with Crippen molar-refractivity contribution in [2.24, 2.45) is 5.92 Å². The van der Waals surface area contributed by atoms with Crippen molar-refractivity contribution in [3.63, 3.8) is 0 Å². The topological polar surface area (TPSA) is 116 Å². The van der Waals surface area contributed by atoms with Gasteiger partial charge in [0.25, 0.3) is 0 Å². The molecule has 160 valence electrons. The van der Waals surface area contributed by atoms with Crippen molar-refractivity contribution >= 4 is 39.1 Å². The van der Waals surface area contributed by atoms with Gasteiger partial charge in [-0.3, -0.25) is 9.59 Å². The molecule has 1 heterocycles. The van der Waals surface area contributed by atoms with Gasteiger partial charge in [0.1, 0.15) is 5.75 Å². The first-order valence-corrected chi connectivity index (χ1v) is 11.2. The van der Waals surface area contributed by atoms with Crippen molar-refractivity contribution in [3.8, 4) is 5.75 Å². The van der Waals surface area contributed by atoms with Gasteiger partial charge >= 0.3 is 0 Å². The number of amides is 2. The Morgan fingerprint density at radius 1 is 1.10 bits per heavy atom. The van der Waals surface area contributed by atoms with Crippen LogP contribution in [0.25, 0.3) is 0 Å². The monoisotopic (exact) mass is 451 g/mol. The molecule has 1 atom stereocenters. The molecule has 0 aromatic heterocycles. The fourth-order valence-electron chi connectivity index (χ4n) is 3.19. The number of anilines is 1. The normalized spacial score (nSPS) is 17.3. The maximum Gasteiger partial charge on any atom is 0.243 e. The highest BCUT2D eigenvalue weighted by Gasteiger charge is 2.33. The van der Waals surface area contributed by atoms with Crippen molar-refractivity contribution in [3.05, 3.63) is 53.6 Å². The highest BCUT2D eigenvalue weighted by Crippen LogP contribution is 2.25. The van der Waals surface area contributed by atoms with E-state index in [1.807, 2.05) is 0 Å². The van der Waals surface area contributed by atoms with Crippen LogP contribution in [0.2, 0.25) is 5.02 Å². The summed E-state index contributed by atoms with van der Waals surface area (Å²) in [4.78, 5) is 24.6. The van der Waals surface area contributed by atoms with Crippen LogP contribution in [0.4, 0.5) is 5.69 Å². The van der Waals surface area contributed by atoms with Gasteiger partial charge in [-0.05, 0) is 61.4 Å². The van der Waals surface area contributed by atoms with Crippen LogP contribution in [0.3, 0.4) is 0 Å². The largest absolute Gasteiger partial charge is 0.508 e. The second-order valence-electron chi connectivity index (χ2n) is 6.97. The Labute approximate surface area is 179 Å². The van der Waals surface area contributed by atoms with E-state index in [1.54, 1.807) is 0 Å². The van der Waals surface area contributed by atoms with E-state index in [0.717, 1.165) is 0 Å². The third-order valence-electron chi connectivity index (χ3n) is 4.78. The SMILES string of the molecule is O=C(CNC(=O)[C@@H]1CCCN(S(=O)(=O)c2ccc(Cl)cc2)C1)Nc1ccc(O)cc1. The minimum Gasteiger partial charge on any atom is -0.508 e. The first kappa shape index (κ1) is 22.1. The van der Waals surface area contributed by atoms with Gasteiger partial charge in [-0.25, -0.2) is 8.42 Å². The highest BCUT2D eigenvalue weighted by atomic mass is 35.5. The van der Waals surface area contributed by atoms with Crippen LogP contribution in [0.5, 0.6) is 5.75 Å². The molecule has 0 unspecified atom stereocenters. The second kappa shape index (κ2) is 9.46. The van der Waals surface area contributed by atoms with E-state index in [1.165, 1.54) is 52.8 Å². The van der Waals surface area contributed by atoms with E-state index in [0.29, 0.717) is 30.1 Å². The number of phenols is 1. The van der Waals surface area contributed by atoms with Gasteiger partial charge in [0.2, 0.25) is 21.8 Å². The van der Waals surface area contributed by atoms with Crippen molar-refractivity contribution in [2.75, 3.05) is 25.0 Å². The molecule has 0 bridgehead atoms. The zero-order valence-electron chi connectivity index (χ0n) is 16.0. The zero-order valence-corrected chi connectivity index (χ0v) is 17.6. The molecule has 30 heavy (non-hydrogen) atoms. The molecule has 10 heteroatoms. The lowest BCUT2D eigenvalue weighted by Crippen LogP contribution is -2.46. The molecule has 1 aliphatic rings. The fourth-order valence-corrected chi connectivity index (χ4v) is 4.84. The van der Waals surface area contributed by atoms with E-state index < -0.39 is 21.8 Å². The van der Waals surface area contributed by atoms with Crippen LogP contribution in [0.1, 0.15) is 12.8 Å². The molecule has 1 saturated heterocycles. The van der Waals surface area contributed by atoms with Gasteiger partial charge in [0.05, 0.1) is 17.4 Å². The summed E-state index contributed by atoms with van der Waals surface area (Å²) < 4.78 is 27.0. The summed E-state index contributed by atoms with van der Waals surface area (Å²) in [6, 6.07) is 11.8. The van der Waals surface area contributed by atoms with E-state index in [-0.39, 0.29) is 29.6 Å². The molecule has 1 aliphatic heterocycles. The van der Waals surface area contributed by atoms with Crippen LogP contribution < -0.4 is 10.6 Å². The maximum atomic E-state index is 12.8.